The SMILES string of the molecule is Cc1c(N=c2scc(-c3cccs3)n2N=Cc2ccncc2)c(=O)n(-c2ccccc2)n1C. The van der Waals surface area contributed by atoms with Crippen molar-refractivity contribution in [3.63, 3.8) is 0 Å². The summed E-state index contributed by atoms with van der Waals surface area (Å²) in [6.07, 6.45) is 5.22. The molecule has 164 valence electrons. The maximum Gasteiger partial charge on any atom is 0.297 e. The molecule has 0 spiro atoms. The van der Waals surface area contributed by atoms with Gasteiger partial charge in [0.1, 0.15) is 0 Å². The van der Waals surface area contributed by atoms with Gasteiger partial charge in [-0.3, -0.25) is 14.5 Å². The second-order valence-corrected chi connectivity index (χ2v) is 9.02. The summed E-state index contributed by atoms with van der Waals surface area (Å²) < 4.78 is 5.25. The molecular formula is C24H20N6OS2. The molecule has 9 heteroatoms. The van der Waals surface area contributed by atoms with Crippen LogP contribution < -0.4 is 10.4 Å². The van der Waals surface area contributed by atoms with Crippen LogP contribution in [0.25, 0.3) is 16.3 Å². The summed E-state index contributed by atoms with van der Waals surface area (Å²) in [4.78, 5) is 23.9. The molecule has 0 aliphatic carbocycles. The van der Waals surface area contributed by atoms with E-state index in [1.54, 1.807) is 39.3 Å². The van der Waals surface area contributed by atoms with Crippen LogP contribution in [0.4, 0.5) is 5.69 Å². The molecule has 0 aliphatic rings. The van der Waals surface area contributed by atoms with Gasteiger partial charge in [0.15, 0.2) is 5.69 Å². The van der Waals surface area contributed by atoms with Crippen molar-refractivity contribution in [3.8, 4) is 16.3 Å². The van der Waals surface area contributed by atoms with Gasteiger partial charge in [-0.1, -0.05) is 24.3 Å². The van der Waals surface area contributed by atoms with Gasteiger partial charge in [-0.05, 0) is 48.2 Å². The zero-order valence-electron chi connectivity index (χ0n) is 18.0. The van der Waals surface area contributed by atoms with Crippen molar-refractivity contribution in [3.05, 3.63) is 104 Å². The first kappa shape index (κ1) is 21.0. The molecule has 4 aromatic heterocycles. The summed E-state index contributed by atoms with van der Waals surface area (Å²) in [5.41, 5.74) is 3.65. The van der Waals surface area contributed by atoms with Crippen LogP contribution in [0.5, 0.6) is 0 Å². The first-order chi connectivity index (χ1) is 16.1. The highest BCUT2D eigenvalue weighted by atomic mass is 32.1. The Balaban J connectivity index is 1.69. The summed E-state index contributed by atoms with van der Waals surface area (Å²) >= 11 is 3.08. The average molecular weight is 473 g/mol. The minimum atomic E-state index is -0.170. The number of thiazole rings is 1. The lowest BCUT2D eigenvalue weighted by Gasteiger charge is -2.07. The van der Waals surface area contributed by atoms with E-state index in [1.807, 2.05) is 84.0 Å². The normalized spacial score (nSPS) is 12.1. The van der Waals surface area contributed by atoms with Crippen molar-refractivity contribution in [1.82, 2.24) is 19.0 Å². The fourth-order valence-electron chi connectivity index (χ4n) is 3.44. The Morgan fingerprint density at radius 1 is 1.00 bits per heavy atom. The molecular weight excluding hydrogens is 452 g/mol. The molecule has 0 atom stereocenters. The molecule has 0 saturated carbocycles. The van der Waals surface area contributed by atoms with Crippen LogP contribution in [0.15, 0.2) is 92.6 Å². The van der Waals surface area contributed by atoms with E-state index < -0.39 is 0 Å². The average Bonchev–Trinajstić information content (AvgIpc) is 3.56. The molecule has 0 N–H and O–H groups in total. The quantitative estimate of drug-likeness (QED) is 0.351. The summed E-state index contributed by atoms with van der Waals surface area (Å²) in [6, 6.07) is 17.4. The topological polar surface area (TPSA) is 69.5 Å². The number of hydrogen-bond acceptors (Lipinski definition) is 6. The van der Waals surface area contributed by atoms with Crippen molar-refractivity contribution < 1.29 is 0 Å². The number of thiophene rings is 1. The lowest BCUT2D eigenvalue weighted by atomic mass is 10.3. The Kier molecular flexibility index (Phi) is 5.72. The maximum atomic E-state index is 13.3. The first-order valence-electron chi connectivity index (χ1n) is 10.2. The fourth-order valence-corrected chi connectivity index (χ4v) is 5.07. The zero-order chi connectivity index (χ0) is 22.8. The van der Waals surface area contributed by atoms with Crippen LogP contribution in [-0.2, 0) is 7.05 Å². The number of benzene rings is 1. The second kappa shape index (κ2) is 8.97. The molecule has 0 fully saturated rings. The van der Waals surface area contributed by atoms with Gasteiger partial charge >= 0.3 is 0 Å². The monoisotopic (exact) mass is 472 g/mol. The van der Waals surface area contributed by atoms with Gasteiger partial charge in [0.25, 0.3) is 5.56 Å². The van der Waals surface area contributed by atoms with Crippen LogP contribution in [0.2, 0.25) is 0 Å². The summed E-state index contributed by atoms with van der Waals surface area (Å²) in [5, 5.41) is 8.75. The number of para-hydroxylation sites is 1. The van der Waals surface area contributed by atoms with E-state index in [9.17, 15) is 4.79 Å². The van der Waals surface area contributed by atoms with Crippen LogP contribution in [0.1, 0.15) is 11.3 Å². The predicted octanol–water partition coefficient (Wildman–Crippen LogP) is 4.59. The van der Waals surface area contributed by atoms with E-state index in [0.29, 0.717) is 10.5 Å². The number of pyridine rings is 1. The fraction of sp³-hybridized carbons (Fsp3) is 0.0833. The largest absolute Gasteiger partial charge is 0.297 e. The second-order valence-electron chi connectivity index (χ2n) is 7.24. The molecule has 5 aromatic rings. The number of nitrogens with zero attached hydrogens (tertiary/aromatic N) is 6. The van der Waals surface area contributed by atoms with E-state index in [4.69, 9.17) is 10.1 Å². The van der Waals surface area contributed by atoms with Crippen molar-refractivity contribution in [1.29, 1.82) is 0 Å². The molecule has 0 bridgehead atoms. The van der Waals surface area contributed by atoms with Gasteiger partial charge in [-0.2, -0.15) is 5.10 Å². The molecule has 33 heavy (non-hydrogen) atoms. The van der Waals surface area contributed by atoms with Crippen molar-refractivity contribution in [2.24, 2.45) is 17.1 Å². The Morgan fingerprint density at radius 3 is 2.52 bits per heavy atom. The van der Waals surface area contributed by atoms with Crippen LogP contribution in [0, 0.1) is 6.92 Å². The summed E-state index contributed by atoms with van der Waals surface area (Å²) in [7, 11) is 1.86. The Morgan fingerprint density at radius 2 is 1.79 bits per heavy atom. The maximum absolute atomic E-state index is 13.3. The molecule has 0 saturated heterocycles. The van der Waals surface area contributed by atoms with E-state index in [1.165, 1.54) is 11.3 Å². The highest BCUT2D eigenvalue weighted by molar-refractivity contribution is 7.14. The zero-order valence-corrected chi connectivity index (χ0v) is 19.6. The predicted molar refractivity (Wildman–Crippen MR) is 134 cm³/mol. The van der Waals surface area contributed by atoms with Crippen LogP contribution in [-0.4, -0.2) is 25.2 Å². The third-order valence-corrected chi connectivity index (χ3v) is 6.93. The highest BCUT2D eigenvalue weighted by Gasteiger charge is 2.17. The number of hydrogen-bond donors (Lipinski definition) is 0. The van der Waals surface area contributed by atoms with E-state index in [2.05, 4.69) is 4.98 Å². The minimum Gasteiger partial charge on any atom is -0.283 e. The molecule has 0 unspecified atom stereocenters. The minimum absolute atomic E-state index is 0.170. The van der Waals surface area contributed by atoms with Crippen molar-refractivity contribution in [2.75, 3.05) is 0 Å². The van der Waals surface area contributed by atoms with Gasteiger partial charge in [0, 0.05) is 24.8 Å². The Labute approximate surface area is 197 Å². The molecule has 0 amide bonds. The van der Waals surface area contributed by atoms with Gasteiger partial charge in [-0.25, -0.2) is 14.4 Å². The standard InChI is InChI=1S/C24H20N6OS2/c1-17-22(23(31)30(28(17)2)19-7-4-3-5-8-19)27-24-29(26-15-18-10-12-25-13-11-18)20(16-33-24)21-9-6-14-32-21/h3-16H,1-2H3. The Bertz CT molecular complexity index is 1540. The van der Waals surface area contributed by atoms with Crippen LogP contribution in [0.3, 0.4) is 0 Å². The lowest BCUT2D eigenvalue weighted by Crippen LogP contribution is -2.19. The smallest absolute Gasteiger partial charge is 0.283 e. The van der Waals surface area contributed by atoms with Crippen LogP contribution >= 0.6 is 22.7 Å². The van der Waals surface area contributed by atoms with E-state index in [0.717, 1.165) is 27.5 Å². The summed E-state index contributed by atoms with van der Waals surface area (Å²) in [6.45, 7) is 1.90. The van der Waals surface area contributed by atoms with Gasteiger partial charge in [0.2, 0.25) is 4.80 Å². The molecule has 7 nitrogen and oxygen atoms in total. The van der Waals surface area contributed by atoms with Crippen molar-refractivity contribution >= 4 is 34.6 Å². The molecule has 4 heterocycles. The lowest BCUT2D eigenvalue weighted by molar-refractivity contribution is 0.630. The highest BCUT2D eigenvalue weighted by Crippen LogP contribution is 2.25. The summed E-state index contributed by atoms with van der Waals surface area (Å²) in [5.74, 6) is 0. The van der Waals surface area contributed by atoms with Crippen molar-refractivity contribution in [2.45, 2.75) is 6.92 Å². The van der Waals surface area contributed by atoms with Gasteiger partial charge < -0.3 is 0 Å². The van der Waals surface area contributed by atoms with Gasteiger partial charge in [-0.15, -0.1) is 22.7 Å². The third kappa shape index (κ3) is 4.04. The number of rotatable bonds is 5. The Hall–Kier alpha value is -3.82. The molecule has 5 rings (SSSR count). The molecule has 1 aromatic carbocycles. The molecule has 0 aliphatic heterocycles. The number of aromatic nitrogens is 4. The van der Waals surface area contributed by atoms with Gasteiger partial charge in [0.05, 0.1) is 28.2 Å². The first-order valence-corrected chi connectivity index (χ1v) is 12.0. The molecule has 0 radical (unpaired) electrons. The van der Waals surface area contributed by atoms with E-state index in [-0.39, 0.29) is 5.56 Å². The third-order valence-electron chi connectivity index (χ3n) is 5.22. The van der Waals surface area contributed by atoms with E-state index >= 15 is 0 Å².